The van der Waals surface area contributed by atoms with Crippen molar-refractivity contribution in [3.8, 4) is 0 Å². The van der Waals surface area contributed by atoms with E-state index in [0.717, 1.165) is 35.9 Å². The van der Waals surface area contributed by atoms with Gasteiger partial charge >= 0.3 is 12.4 Å². The third kappa shape index (κ3) is 9.52. The highest BCUT2D eigenvalue weighted by Gasteiger charge is 2.73. The van der Waals surface area contributed by atoms with Crippen LogP contribution in [-0.4, -0.2) is 48.3 Å². The number of hydrogen-bond donors (Lipinski definition) is 0. The lowest BCUT2D eigenvalue weighted by Gasteiger charge is -2.40. The van der Waals surface area contributed by atoms with Crippen molar-refractivity contribution in [2.45, 2.75) is 71.1 Å². The van der Waals surface area contributed by atoms with E-state index in [0.29, 0.717) is 35.7 Å². The highest BCUT2D eigenvalue weighted by molar-refractivity contribution is 5.85. The fourth-order valence-electron chi connectivity index (χ4n) is 6.31. The van der Waals surface area contributed by atoms with Gasteiger partial charge in [-0.2, -0.15) is 26.3 Å². The number of benzene rings is 1. The molecule has 2 aromatic rings. The molecule has 0 N–H and O–H groups in total. The number of fused-ring (bicyclic) bond motifs is 1. The minimum atomic E-state index is -5.74. The number of hydrogen-bond acceptors (Lipinski definition) is 5. The van der Waals surface area contributed by atoms with Crippen LogP contribution in [0.1, 0.15) is 69.5 Å². The minimum absolute atomic E-state index is 0.286. The number of anilines is 1. The van der Waals surface area contributed by atoms with Gasteiger partial charge in [0.2, 0.25) is 5.41 Å². The average Bonchev–Trinajstić information content (AvgIpc) is 3.28. The maximum Gasteiger partial charge on any atom is 0.410 e. The standard InChI is InChI=1S/C42H44F6N6/c1-5-23-50-26-11-29-53(32(4)21-27-51-24-6-2)36-18-15-35(16-19-36)40(41(43,44)45,42(46,47)48)34-12-8-9-13-37(20-17-34)54-38(22-28-49-7-3)30-33-31-52-25-10-14-39(33)54/h5-9,11,15-24,26-31H,10,12-14,25H2,1-4H3/b9-8?,23-5-,24-6-,28-22-,29-11+,32-21+,34-17+,37-20+,49-7?,50-26-,51-27+. The molecular weight excluding hydrogens is 702 g/mol. The molecule has 0 unspecified atom stereocenters. The van der Waals surface area contributed by atoms with Gasteiger partial charge < -0.3 is 9.47 Å². The molecule has 284 valence electrons. The smallest absolute Gasteiger partial charge is 0.321 e. The molecule has 0 bridgehead atoms. The van der Waals surface area contributed by atoms with Crippen LogP contribution >= 0.6 is 0 Å². The largest absolute Gasteiger partial charge is 0.410 e. The van der Waals surface area contributed by atoms with Gasteiger partial charge in [-0.15, -0.1) is 0 Å². The summed E-state index contributed by atoms with van der Waals surface area (Å²) in [6.45, 7) is 7.72. The normalized spacial score (nSPS) is 18.7. The van der Waals surface area contributed by atoms with Gasteiger partial charge in [0.05, 0.1) is 0 Å². The summed E-state index contributed by atoms with van der Waals surface area (Å²) in [5.74, 6) is 0. The summed E-state index contributed by atoms with van der Waals surface area (Å²) >= 11 is 0. The zero-order valence-corrected chi connectivity index (χ0v) is 30.7. The molecule has 4 rings (SSSR count). The van der Waals surface area contributed by atoms with Crippen molar-refractivity contribution >= 4 is 42.3 Å². The molecule has 0 saturated heterocycles. The van der Waals surface area contributed by atoms with E-state index < -0.39 is 35.3 Å². The number of alkyl halides is 6. The second-order valence-corrected chi connectivity index (χ2v) is 12.3. The van der Waals surface area contributed by atoms with E-state index in [2.05, 4.69) is 20.0 Å². The number of rotatable bonds is 12. The monoisotopic (exact) mass is 746 g/mol. The molecule has 0 radical (unpaired) electrons. The lowest BCUT2D eigenvalue weighted by Crippen LogP contribution is -2.55. The highest BCUT2D eigenvalue weighted by atomic mass is 19.4. The second-order valence-electron chi connectivity index (χ2n) is 12.3. The maximum atomic E-state index is 15.4. The Hall–Kier alpha value is -5.52. The Morgan fingerprint density at radius 3 is 2.20 bits per heavy atom. The number of halogens is 6. The fourth-order valence-corrected chi connectivity index (χ4v) is 6.31. The van der Waals surface area contributed by atoms with E-state index in [1.807, 2.05) is 10.6 Å². The zero-order valence-electron chi connectivity index (χ0n) is 30.7. The van der Waals surface area contributed by atoms with E-state index in [1.165, 1.54) is 36.7 Å². The Balaban J connectivity index is 1.90. The summed E-state index contributed by atoms with van der Waals surface area (Å²) in [6, 6.07) is 6.22. The molecule has 0 fully saturated rings. The van der Waals surface area contributed by atoms with E-state index in [4.69, 9.17) is 0 Å². The Morgan fingerprint density at radius 1 is 0.852 bits per heavy atom. The maximum absolute atomic E-state index is 15.4. The number of allylic oxidation sites excluding steroid dienone is 11. The van der Waals surface area contributed by atoms with E-state index in [1.54, 1.807) is 106 Å². The van der Waals surface area contributed by atoms with Gasteiger partial charge in [-0.1, -0.05) is 42.5 Å². The average molecular weight is 747 g/mol. The summed E-state index contributed by atoms with van der Waals surface area (Å²) in [5, 5.41) is 0. The van der Waals surface area contributed by atoms with Gasteiger partial charge in [0.1, 0.15) is 0 Å². The highest BCUT2D eigenvalue weighted by Crippen LogP contribution is 2.57. The molecular formula is C42H44F6N6. The first-order valence-corrected chi connectivity index (χ1v) is 17.5. The molecule has 0 amide bonds. The first-order valence-electron chi connectivity index (χ1n) is 17.5. The van der Waals surface area contributed by atoms with Crippen LogP contribution in [0.25, 0.3) is 11.8 Å². The molecule has 0 atom stereocenters. The number of aliphatic imine (C=N–C) groups is 4. The van der Waals surface area contributed by atoms with E-state index in [9.17, 15) is 0 Å². The van der Waals surface area contributed by atoms with Crippen LogP contribution in [0.2, 0.25) is 0 Å². The van der Waals surface area contributed by atoms with Crippen LogP contribution in [0, 0.1) is 0 Å². The van der Waals surface area contributed by atoms with Crippen molar-refractivity contribution in [1.29, 1.82) is 0 Å². The molecule has 0 spiro atoms. The topological polar surface area (TPSA) is 57.6 Å². The molecule has 1 aromatic carbocycles. The van der Waals surface area contributed by atoms with Gasteiger partial charge in [0, 0.05) is 96.7 Å². The molecule has 2 aliphatic rings. The first-order chi connectivity index (χ1) is 25.9. The van der Waals surface area contributed by atoms with Crippen molar-refractivity contribution in [3.63, 3.8) is 0 Å². The van der Waals surface area contributed by atoms with Crippen LogP contribution in [0.4, 0.5) is 32.0 Å². The lowest BCUT2D eigenvalue weighted by molar-refractivity contribution is -0.290. The van der Waals surface area contributed by atoms with Crippen molar-refractivity contribution in [2.75, 3.05) is 11.4 Å². The quantitative estimate of drug-likeness (QED) is 0.121. The zero-order chi connectivity index (χ0) is 39.2. The molecule has 1 aliphatic heterocycles. The molecule has 1 aromatic heterocycles. The summed E-state index contributed by atoms with van der Waals surface area (Å²) in [6.07, 6.45) is 16.2. The molecule has 0 saturated carbocycles. The Kier molecular flexibility index (Phi) is 14.5. The van der Waals surface area contributed by atoms with Crippen molar-refractivity contribution in [1.82, 2.24) is 4.57 Å². The summed E-state index contributed by atoms with van der Waals surface area (Å²) in [7, 11) is 0. The van der Waals surface area contributed by atoms with Gasteiger partial charge in [0.15, 0.2) is 0 Å². The Bertz CT molecular complexity index is 1940. The van der Waals surface area contributed by atoms with E-state index >= 15 is 26.3 Å². The van der Waals surface area contributed by atoms with Crippen molar-refractivity contribution in [3.05, 3.63) is 138 Å². The number of nitrogens with zero attached hydrogens (tertiary/aromatic N) is 6. The lowest BCUT2D eigenvalue weighted by atomic mass is 9.70. The number of aromatic nitrogens is 1. The third-order valence-electron chi connectivity index (χ3n) is 8.74. The second kappa shape index (κ2) is 19.0. The van der Waals surface area contributed by atoms with Crippen LogP contribution in [-0.2, 0) is 11.8 Å². The van der Waals surface area contributed by atoms with Gasteiger partial charge in [-0.3, -0.25) is 20.0 Å². The Labute approximate surface area is 312 Å². The first kappa shape index (κ1) is 41.2. The molecule has 1 aliphatic carbocycles. The van der Waals surface area contributed by atoms with Crippen molar-refractivity contribution in [2.24, 2.45) is 20.0 Å². The predicted molar refractivity (Wildman–Crippen MR) is 211 cm³/mol. The summed E-state index contributed by atoms with van der Waals surface area (Å²) < 4.78 is 94.2. The van der Waals surface area contributed by atoms with Crippen LogP contribution in [0.15, 0.2) is 135 Å². The third-order valence-corrected chi connectivity index (χ3v) is 8.74. The SMILES string of the molecule is CC=N/C=C\c1cc2c(n1/C1=C/C=C(/C(c3ccc(N(/C=C/C=N\C=C/C)/C(C)=C/C=N/C=C\C)cc3)(C(F)(F)F)C(F)(F)F)CC=CC1)CCCN=C2. The summed E-state index contributed by atoms with van der Waals surface area (Å²) in [5.41, 5.74) is -2.23. The molecule has 6 nitrogen and oxygen atoms in total. The summed E-state index contributed by atoms with van der Waals surface area (Å²) in [4.78, 5) is 18.4. The van der Waals surface area contributed by atoms with Crippen LogP contribution in [0.5, 0.6) is 0 Å². The van der Waals surface area contributed by atoms with Gasteiger partial charge in [0.25, 0.3) is 0 Å². The molecule has 12 heteroatoms. The minimum Gasteiger partial charge on any atom is -0.321 e. The van der Waals surface area contributed by atoms with Crippen molar-refractivity contribution < 1.29 is 26.3 Å². The molecule has 54 heavy (non-hydrogen) atoms. The van der Waals surface area contributed by atoms with Crippen LogP contribution in [0.3, 0.4) is 0 Å². The fraction of sp³-hybridized carbons (Fsp3) is 0.286. The Morgan fingerprint density at radius 2 is 1.54 bits per heavy atom. The van der Waals surface area contributed by atoms with Gasteiger partial charge in [-0.25, -0.2) is 0 Å². The van der Waals surface area contributed by atoms with E-state index in [-0.39, 0.29) is 6.42 Å². The van der Waals surface area contributed by atoms with Crippen LogP contribution < -0.4 is 4.90 Å². The molecule has 2 heterocycles. The van der Waals surface area contributed by atoms with Gasteiger partial charge in [-0.05, 0) is 101 Å². The predicted octanol–water partition coefficient (Wildman–Crippen LogP) is 11.5.